The number of aliphatic imine (C=N–C) groups is 1. The molecule has 7 rings (SSSR count). The van der Waals surface area contributed by atoms with E-state index in [2.05, 4.69) is 14.6 Å². The van der Waals surface area contributed by atoms with E-state index in [0.29, 0.717) is 43.2 Å². The second-order valence-electron chi connectivity index (χ2n) is 10.0. The number of sulfonamides is 1. The van der Waals surface area contributed by atoms with Gasteiger partial charge in [0.2, 0.25) is 10.0 Å². The van der Waals surface area contributed by atoms with E-state index in [1.165, 1.54) is 23.5 Å². The van der Waals surface area contributed by atoms with Crippen LogP contribution in [0.5, 0.6) is 0 Å². The van der Waals surface area contributed by atoms with Crippen molar-refractivity contribution in [2.24, 2.45) is 4.99 Å². The molecule has 2 saturated carbocycles. The monoisotopic (exact) mass is 558 g/mol. The highest BCUT2D eigenvalue weighted by Crippen LogP contribution is 2.47. The van der Waals surface area contributed by atoms with Gasteiger partial charge in [0.05, 0.1) is 17.0 Å². The van der Waals surface area contributed by atoms with Crippen LogP contribution < -0.4 is 4.72 Å². The number of rotatable bonds is 7. The Morgan fingerprint density at radius 1 is 1.16 bits per heavy atom. The molecule has 1 saturated heterocycles. The molecule has 2 aliphatic carbocycles. The zero-order valence-electron chi connectivity index (χ0n) is 19.7. The first-order valence-corrected chi connectivity index (χ1v) is 15.2. The summed E-state index contributed by atoms with van der Waals surface area (Å²) in [6.45, 7) is 0.441. The van der Waals surface area contributed by atoms with Crippen molar-refractivity contribution in [3.8, 4) is 0 Å². The van der Waals surface area contributed by atoms with Crippen LogP contribution in [0.1, 0.15) is 60.5 Å². The van der Waals surface area contributed by atoms with Crippen LogP contribution in [0.25, 0.3) is 5.57 Å². The molecule has 4 aliphatic rings. The van der Waals surface area contributed by atoms with Crippen molar-refractivity contribution in [3.63, 3.8) is 0 Å². The van der Waals surface area contributed by atoms with Gasteiger partial charge in [-0.3, -0.25) is 9.67 Å². The van der Waals surface area contributed by atoms with Gasteiger partial charge in [-0.15, -0.1) is 11.3 Å². The van der Waals surface area contributed by atoms with Gasteiger partial charge in [0.15, 0.2) is 10.8 Å². The Kier molecular flexibility index (Phi) is 5.54. The summed E-state index contributed by atoms with van der Waals surface area (Å²) in [7, 11) is -3.38. The zero-order chi connectivity index (χ0) is 25.3. The van der Waals surface area contributed by atoms with Gasteiger partial charge in [-0.1, -0.05) is 17.7 Å². The highest BCUT2D eigenvalue weighted by Gasteiger charge is 2.44. The average molecular weight is 559 g/mol. The number of fused-ring (bicyclic) bond motifs is 1. The molecule has 0 spiro atoms. The van der Waals surface area contributed by atoms with Crippen molar-refractivity contribution in [3.05, 3.63) is 74.8 Å². The molecule has 0 bridgehead atoms. The molecule has 0 radical (unpaired) electrons. The molecule has 2 atom stereocenters. The number of aromatic nitrogens is 3. The van der Waals surface area contributed by atoms with E-state index in [1.807, 2.05) is 22.3 Å². The fourth-order valence-corrected chi connectivity index (χ4v) is 7.66. The second-order valence-corrected chi connectivity index (χ2v) is 13.3. The lowest BCUT2D eigenvalue weighted by molar-refractivity contribution is 0.517. The molecular formula is C25H24ClFN6O2S2. The molecule has 4 heterocycles. The van der Waals surface area contributed by atoms with E-state index in [4.69, 9.17) is 21.7 Å². The molecule has 1 N–H and O–H groups in total. The summed E-state index contributed by atoms with van der Waals surface area (Å²) in [5.74, 6) is 0.242. The first-order chi connectivity index (χ1) is 17.9. The molecule has 1 aromatic carbocycles. The Balaban J connectivity index is 1.38. The Bertz CT molecular complexity index is 1540. The van der Waals surface area contributed by atoms with Gasteiger partial charge in [-0.25, -0.2) is 22.5 Å². The molecule has 2 aliphatic heterocycles. The lowest BCUT2D eigenvalue weighted by Crippen LogP contribution is -2.40. The number of hydrogen-bond acceptors (Lipinski definition) is 7. The van der Waals surface area contributed by atoms with E-state index < -0.39 is 21.9 Å². The molecule has 2 aromatic heterocycles. The third-order valence-electron chi connectivity index (χ3n) is 7.24. The largest absolute Gasteiger partial charge is 0.326 e. The SMILES string of the molecule is O=S(=O)(N[C@H]1CC2=C(c3ccn(C4CC4)n3)[C@H](c3ccc(F)cc3Cl)N=C(c3nccs3)N2C1)C1CC1. The van der Waals surface area contributed by atoms with Gasteiger partial charge in [0.25, 0.3) is 0 Å². The molecular weight excluding hydrogens is 535 g/mol. The van der Waals surface area contributed by atoms with Crippen LogP contribution in [0.2, 0.25) is 5.02 Å². The average Bonchev–Trinajstić information content (AvgIpc) is 3.75. The van der Waals surface area contributed by atoms with Crippen LogP contribution in [0, 0.1) is 5.82 Å². The van der Waals surface area contributed by atoms with Gasteiger partial charge in [0, 0.05) is 58.6 Å². The highest BCUT2D eigenvalue weighted by molar-refractivity contribution is 7.90. The first kappa shape index (κ1) is 23.5. The van der Waals surface area contributed by atoms with Crippen molar-refractivity contribution in [2.75, 3.05) is 6.54 Å². The van der Waals surface area contributed by atoms with Gasteiger partial charge >= 0.3 is 0 Å². The van der Waals surface area contributed by atoms with Gasteiger partial charge in [-0.05, 0) is 43.9 Å². The quantitative estimate of drug-likeness (QED) is 0.460. The predicted molar refractivity (Wildman–Crippen MR) is 140 cm³/mol. The predicted octanol–water partition coefficient (Wildman–Crippen LogP) is 4.54. The summed E-state index contributed by atoms with van der Waals surface area (Å²) in [6, 6.07) is 5.89. The molecule has 192 valence electrons. The van der Waals surface area contributed by atoms with Crippen LogP contribution in [-0.4, -0.2) is 51.8 Å². The maximum absolute atomic E-state index is 14.0. The van der Waals surface area contributed by atoms with E-state index >= 15 is 0 Å². The van der Waals surface area contributed by atoms with Crippen molar-refractivity contribution in [1.29, 1.82) is 0 Å². The number of amidine groups is 1. The maximum atomic E-state index is 14.0. The van der Waals surface area contributed by atoms with Crippen molar-refractivity contribution < 1.29 is 12.8 Å². The van der Waals surface area contributed by atoms with Gasteiger partial charge < -0.3 is 4.90 Å². The van der Waals surface area contributed by atoms with E-state index in [-0.39, 0.29) is 16.3 Å². The second kappa shape index (κ2) is 8.72. The molecule has 37 heavy (non-hydrogen) atoms. The minimum absolute atomic E-state index is 0.282. The minimum atomic E-state index is -3.38. The standard InChI is InChI=1S/C25H24ClFN6O2S2/c26-19-11-14(27)1-6-18(19)23-22(20-7-9-33(30-20)16-2-3-16)21-12-15(31-37(34,35)17-4-5-17)13-32(21)24(29-23)25-28-8-10-36-25/h1,6-11,15-17,23,31H,2-5,12-13H2/t15-,23-/m0/s1. The van der Waals surface area contributed by atoms with Crippen molar-refractivity contribution in [1.82, 2.24) is 24.4 Å². The van der Waals surface area contributed by atoms with E-state index in [1.54, 1.807) is 12.3 Å². The highest BCUT2D eigenvalue weighted by atomic mass is 35.5. The van der Waals surface area contributed by atoms with Crippen molar-refractivity contribution >= 4 is 44.4 Å². The Hall–Kier alpha value is -2.60. The number of hydrogen-bond donors (Lipinski definition) is 1. The summed E-state index contributed by atoms with van der Waals surface area (Å²) in [4.78, 5) is 11.7. The number of benzene rings is 1. The van der Waals surface area contributed by atoms with Gasteiger partial charge in [0.1, 0.15) is 11.9 Å². The minimum Gasteiger partial charge on any atom is -0.326 e. The normalized spacial score (nSPS) is 23.9. The fourth-order valence-electron chi connectivity index (χ4n) is 5.17. The van der Waals surface area contributed by atoms with Crippen molar-refractivity contribution in [2.45, 2.75) is 55.5 Å². The topological polar surface area (TPSA) is 92.5 Å². The Morgan fingerprint density at radius 2 is 2.00 bits per heavy atom. The lowest BCUT2D eigenvalue weighted by atomic mass is 9.92. The van der Waals surface area contributed by atoms with Gasteiger partial charge in [-0.2, -0.15) is 5.10 Å². The molecule has 12 heteroatoms. The molecule has 0 amide bonds. The van der Waals surface area contributed by atoms with Crippen LogP contribution in [0.3, 0.4) is 0 Å². The van der Waals surface area contributed by atoms with Crippen LogP contribution in [0.4, 0.5) is 4.39 Å². The van der Waals surface area contributed by atoms with Crippen LogP contribution in [0.15, 0.2) is 52.7 Å². The number of nitrogens with one attached hydrogen (secondary N) is 1. The summed E-state index contributed by atoms with van der Waals surface area (Å²) in [5, 5.41) is 7.50. The Morgan fingerprint density at radius 3 is 2.70 bits per heavy atom. The molecule has 3 aromatic rings. The van der Waals surface area contributed by atoms with Crippen LogP contribution in [-0.2, 0) is 10.0 Å². The Labute approximate surface area is 222 Å². The van der Waals surface area contributed by atoms with E-state index in [9.17, 15) is 12.8 Å². The molecule has 8 nitrogen and oxygen atoms in total. The molecule has 0 unspecified atom stereocenters. The van der Waals surface area contributed by atoms with Crippen LogP contribution >= 0.6 is 22.9 Å². The zero-order valence-corrected chi connectivity index (χ0v) is 22.1. The first-order valence-electron chi connectivity index (χ1n) is 12.4. The maximum Gasteiger partial charge on any atom is 0.214 e. The third-order valence-corrected chi connectivity index (χ3v) is 10.3. The summed E-state index contributed by atoms with van der Waals surface area (Å²) >= 11 is 8.05. The number of halogens is 2. The summed E-state index contributed by atoms with van der Waals surface area (Å²) in [5.41, 5.74) is 3.24. The fraction of sp³-hybridized carbons (Fsp3) is 0.400. The number of nitrogens with zero attached hydrogens (tertiary/aromatic N) is 5. The lowest BCUT2D eigenvalue weighted by Gasteiger charge is -2.32. The number of thiazole rings is 1. The third kappa shape index (κ3) is 4.31. The van der Waals surface area contributed by atoms with E-state index in [0.717, 1.165) is 34.8 Å². The smallest absolute Gasteiger partial charge is 0.214 e. The summed E-state index contributed by atoms with van der Waals surface area (Å²) in [6.07, 6.45) is 7.80. The molecule has 3 fully saturated rings. The summed E-state index contributed by atoms with van der Waals surface area (Å²) < 4.78 is 44.5.